The number of ether oxygens (including phenoxy) is 1. The first-order valence-corrected chi connectivity index (χ1v) is 6.00. The lowest BCUT2D eigenvalue weighted by Gasteiger charge is -2.40. The van der Waals surface area contributed by atoms with Gasteiger partial charge in [0, 0.05) is 33.1 Å². The molecule has 0 spiro atoms. The van der Waals surface area contributed by atoms with Gasteiger partial charge in [-0.15, -0.1) is 0 Å². The van der Waals surface area contributed by atoms with Crippen LogP contribution in [-0.2, 0) is 14.3 Å². The summed E-state index contributed by atoms with van der Waals surface area (Å²) in [6.07, 6.45) is 0. The van der Waals surface area contributed by atoms with Gasteiger partial charge in [-0.3, -0.25) is 14.5 Å². The number of amides is 2. The van der Waals surface area contributed by atoms with Gasteiger partial charge in [-0.1, -0.05) is 0 Å². The van der Waals surface area contributed by atoms with Crippen LogP contribution in [-0.4, -0.2) is 73.6 Å². The molecule has 2 rings (SSSR count). The van der Waals surface area contributed by atoms with Gasteiger partial charge in [-0.2, -0.15) is 0 Å². The number of nitrogens with zero attached hydrogens (tertiary/aromatic N) is 2. The van der Waals surface area contributed by atoms with E-state index in [0.717, 1.165) is 13.1 Å². The number of carbonyl (C=O) groups is 2. The number of rotatable bonds is 3. The molecule has 0 radical (unpaired) electrons. The minimum atomic E-state index is -0.0321. The van der Waals surface area contributed by atoms with Gasteiger partial charge < -0.3 is 15.0 Å². The van der Waals surface area contributed by atoms with Crippen molar-refractivity contribution in [2.24, 2.45) is 0 Å². The fraction of sp³-hybridized carbons (Fsp3) is 0.818. The van der Waals surface area contributed by atoms with Crippen molar-refractivity contribution in [1.29, 1.82) is 0 Å². The quantitative estimate of drug-likeness (QED) is 0.665. The molecule has 0 unspecified atom stereocenters. The number of nitrogens with one attached hydrogen (secondary N) is 1. The minimum absolute atomic E-state index is 0.0321. The van der Waals surface area contributed by atoms with Crippen LogP contribution in [0.15, 0.2) is 0 Å². The SMILES string of the molecule is CC(=O)NC1CN(C(=O)CN2CCOCC2)C1. The van der Waals surface area contributed by atoms with E-state index in [9.17, 15) is 9.59 Å². The second-order valence-corrected chi connectivity index (χ2v) is 4.58. The molecule has 0 bridgehead atoms. The molecule has 96 valence electrons. The molecule has 1 N–H and O–H groups in total. The Morgan fingerprint density at radius 1 is 1.29 bits per heavy atom. The van der Waals surface area contributed by atoms with E-state index < -0.39 is 0 Å². The first kappa shape index (κ1) is 12.3. The van der Waals surface area contributed by atoms with E-state index in [1.165, 1.54) is 6.92 Å². The highest BCUT2D eigenvalue weighted by atomic mass is 16.5. The summed E-state index contributed by atoms with van der Waals surface area (Å²) in [4.78, 5) is 26.6. The van der Waals surface area contributed by atoms with E-state index in [1.54, 1.807) is 4.90 Å². The van der Waals surface area contributed by atoms with Crippen LogP contribution in [0.2, 0.25) is 0 Å². The van der Waals surface area contributed by atoms with E-state index in [-0.39, 0.29) is 17.9 Å². The zero-order valence-electron chi connectivity index (χ0n) is 10.1. The predicted octanol–water partition coefficient (Wildman–Crippen LogP) is -1.33. The molecule has 6 heteroatoms. The molecule has 0 aromatic carbocycles. The Morgan fingerprint density at radius 3 is 2.53 bits per heavy atom. The Hall–Kier alpha value is -1.14. The van der Waals surface area contributed by atoms with E-state index >= 15 is 0 Å². The lowest BCUT2D eigenvalue weighted by molar-refractivity contribution is -0.139. The summed E-state index contributed by atoms with van der Waals surface area (Å²) in [5.74, 6) is 0.115. The van der Waals surface area contributed by atoms with Crippen LogP contribution in [0.5, 0.6) is 0 Å². The lowest BCUT2D eigenvalue weighted by atomic mass is 10.1. The van der Waals surface area contributed by atoms with Gasteiger partial charge in [-0.05, 0) is 0 Å². The van der Waals surface area contributed by atoms with Gasteiger partial charge >= 0.3 is 0 Å². The molecule has 2 fully saturated rings. The molecule has 2 heterocycles. The molecule has 0 saturated carbocycles. The van der Waals surface area contributed by atoms with E-state index in [2.05, 4.69) is 10.2 Å². The van der Waals surface area contributed by atoms with E-state index in [0.29, 0.717) is 32.8 Å². The number of hydrogen-bond acceptors (Lipinski definition) is 4. The molecular weight excluding hydrogens is 222 g/mol. The number of carbonyl (C=O) groups excluding carboxylic acids is 2. The van der Waals surface area contributed by atoms with Crippen molar-refractivity contribution in [2.75, 3.05) is 45.9 Å². The Labute approximate surface area is 101 Å². The zero-order chi connectivity index (χ0) is 12.3. The maximum Gasteiger partial charge on any atom is 0.236 e. The maximum absolute atomic E-state index is 11.9. The van der Waals surface area contributed by atoms with Crippen LogP contribution in [0, 0.1) is 0 Å². The van der Waals surface area contributed by atoms with Crippen LogP contribution in [0.25, 0.3) is 0 Å². The first-order valence-electron chi connectivity index (χ1n) is 6.00. The second kappa shape index (κ2) is 5.46. The highest BCUT2D eigenvalue weighted by Gasteiger charge is 2.31. The molecule has 17 heavy (non-hydrogen) atoms. The van der Waals surface area contributed by atoms with Gasteiger partial charge in [0.15, 0.2) is 0 Å². The summed E-state index contributed by atoms with van der Waals surface area (Å²) in [7, 11) is 0. The molecule has 2 aliphatic rings. The number of morpholine rings is 1. The molecule has 2 aliphatic heterocycles. The third kappa shape index (κ3) is 3.41. The van der Waals surface area contributed by atoms with Crippen molar-refractivity contribution in [3.8, 4) is 0 Å². The third-order valence-corrected chi connectivity index (χ3v) is 3.10. The third-order valence-electron chi connectivity index (χ3n) is 3.10. The molecule has 0 aromatic heterocycles. The molecule has 0 aromatic rings. The van der Waals surface area contributed by atoms with Crippen LogP contribution in [0.3, 0.4) is 0 Å². The van der Waals surface area contributed by atoms with Gasteiger partial charge in [0.1, 0.15) is 0 Å². The molecule has 0 aliphatic carbocycles. The van der Waals surface area contributed by atoms with Crippen molar-refractivity contribution in [3.63, 3.8) is 0 Å². The van der Waals surface area contributed by atoms with Crippen molar-refractivity contribution >= 4 is 11.8 Å². The molecule has 6 nitrogen and oxygen atoms in total. The Kier molecular flexibility index (Phi) is 3.96. The summed E-state index contributed by atoms with van der Waals surface area (Å²) in [5, 5.41) is 2.80. The predicted molar refractivity (Wildman–Crippen MR) is 61.4 cm³/mol. The van der Waals surface area contributed by atoms with Crippen molar-refractivity contribution < 1.29 is 14.3 Å². The van der Waals surface area contributed by atoms with Crippen LogP contribution in [0.1, 0.15) is 6.92 Å². The molecule has 2 saturated heterocycles. The summed E-state index contributed by atoms with van der Waals surface area (Å²) in [6.45, 7) is 6.33. The van der Waals surface area contributed by atoms with Crippen molar-refractivity contribution in [3.05, 3.63) is 0 Å². The first-order chi connectivity index (χ1) is 8.15. The summed E-state index contributed by atoms with van der Waals surface area (Å²) < 4.78 is 5.23. The standard InChI is InChI=1S/C11H19N3O3/c1-9(15)12-10-6-14(7-10)11(16)8-13-2-4-17-5-3-13/h10H,2-8H2,1H3,(H,12,15). The monoisotopic (exact) mass is 241 g/mol. The van der Waals surface area contributed by atoms with Crippen molar-refractivity contribution in [2.45, 2.75) is 13.0 Å². The van der Waals surface area contributed by atoms with Crippen LogP contribution < -0.4 is 5.32 Å². The zero-order valence-corrected chi connectivity index (χ0v) is 10.1. The topological polar surface area (TPSA) is 61.9 Å². The second-order valence-electron chi connectivity index (χ2n) is 4.58. The fourth-order valence-corrected chi connectivity index (χ4v) is 2.11. The lowest BCUT2D eigenvalue weighted by Crippen LogP contribution is -2.62. The molecule has 0 atom stereocenters. The smallest absolute Gasteiger partial charge is 0.236 e. The summed E-state index contributed by atoms with van der Waals surface area (Å²) in [6, 6.07) is 0.140. The molecular formula is C11H19N3O3. The van der Waals surface area contributed by atoms with Crippen LogP contribution >= 0.6 is 0 Å². The van der Waals surface area contributed by atoms with Crippen molar-refractivity contribution in [1.82, 2.24) is 15.1 Å². The average Bonchev–Trinajstić information content (AvgIpc) is 2.23. The fourth-order valence-electron chi connectivity index (χ4n) is 2.11. The van der Waals surface area contributed by atoms with Gasteiger partial charge in [0.2, 0.25) is 11.8 Å². The number of hydrogen-bond donors (Lipinski definition) is 1. The van der Waals surface area contributed by atoms with E-state index in [1.807, 2.05) is 0 Å². The largest absolute Gasteiger partial charge is 0.379 e. The summed E-state index contributed by atoms with van der Waals surface area (Å²) >= 11 is 0. The van der Waals surface area contributed by atoms with Gasteiger partial charge in [-0.25, -0.2) is 0 Å². The summed E-state index contributed by atoms with van der Waals surface area (Å²) in [5.41, 5.74) is 0. The average molecular weight is 241 g/mol. The normalized spacial score (nSPS) is 22.1. The Balaban J connectivity index is 1.66. The number of likely N-dealkylation sites (tertiary alicyclic amines) is 1. The Bertz CT molecular complexity index is 296. The highest BCUT2D eigenvalue weighted by Crippen LogP contribution is 2.09. The minimum Gasteiger partial charge on any atom is -0.379 e. The van der Waals surface area contributed by atoms with E-state index in [4.69, 9.17) is 4.74 Å². The Morgan fingerprint density at radius 2 is 1.94 bits per heavy atom. The molecule has 2 amide bonds. The van der Waals surface area contributed by atoms with Crippen LogP contribution in [0.4, 0.5) is 0 Å². The van der Waals surface area contributed by atoms with Gasteiger partial charge in [0.05, 0.1) is 25.8 Å². The highest BCUT2D eigenvalue weighted by molar-refractivity contribution is 5.80. The van der Waals surface area contributed by atoms with Gasteiger partial charge in [0.25, 0.3) is 0 Å². The maximum atomic E-state index is 11.9.